The molecule has 3 atom stereocenters. The molecule has 0 saturated carbocycles. The first-order chi connectivity index (χ1) is 11.7. The third-order valence-electron chi connectivity index (χ3n) is 3.54. The Bertz CT molecular complexity index is 587. The van der Waals surface area contributed by atoms with Crippen LogP contribution in [0, 0.1) is 0 Å². The van der Waals surface area contributed by atoms with Crippen LogP contribution in [0.4, 0.5) is 0 Å². The molecule has 0 aliphatic heterocycles. The van der Waals surface area contributed by atoms with Gasteiger partial charge in [-0.15, -0.1) is 0 Å². The molecule has 2 aromatic rings. The van der Waals surface area contributed by atoms with Crippen molar-refractivity contribution in [2.24, 2.45) is 0 Å². The number of benzene rings is 2. The molecule has 0 aromatic heterocycles. The van der Waals surface area contributed by atoms with E-state index >= 15 is 0 Å². The molecule has 0 unspecified atom stereocenters. The number of rotatable bonds is 10. The number of aliphatic hydroxyl groups excluding tert-OH is 2. The molecule has 128 valence electrons. The summed E-state index contributed by atoms with van der Waals surface area (Å²) in [5.41, 5.74) is 1.86. The van der Waals surface area contributed by atoms with Crippen molar-refractivity contribution in [2.45, 2.75) is 31.5 Å². The van der Waals surface area contributed by atoms with Crippen LogP contribution < -0.4 is 0 Å². The summed E-state index contributed by atoms with van der Waals surface area (Å²) in [6, 6.07) is 18.9. The zero-order chi connectivity index (χ0) is 17.2. The molecule has 0 aliphatic rings. The van der Waals surface area contributed by atoms with Crippen LogP contribution in [-0.4, -0.2) is 41.4 Å². The lowest BCUT2D eigenvalue weighted by molar-refractivity contribution is -0.143. The minimum Gasteiger partial charge on any atom is -0.388 e. The van der Waals surface area contributed by atoms with E-state index in [9.17, 15) is 15.0 Å². The Balaban J connectivity index is 1.85. The molecule has 2 aromatic carbocycles. The van der Waals surface area contributed by atoms with Gasteiger partial charge in [0.1, 0.15) is 18.3 Å². The Morgan fingerprint density at radius 2 is 1.42 bits per heavy atom. The first-order valence-corrected chi connectivity index (χ1v) is 7.79. The Hall–Kier alpha value is -2.05. The summed E-state index contributed by atoms with van der Waals surface area (Å²) in [4.78, 5) is 10.9. The molecule has 0 bridgehead atoms. The molecule has 0 radical (unpaired) electrons. The molecule has 2 N–H and O–H groups in total. The molecule has 0 aliphatic carbocycles. The van der Waals surface area contributed by atoms with Crippen molar-refractivity contribution in [2.75, 3.05) is 6.61 Å². The SMILES string of the molecule is O=C[C@@H](O)[C@H](OCc1ccccc1)[C@H](O)COCc1ccccc1. The van der Waals surface area contributed by atoms with Gasteiger partial charge in [-0.2, -0.15) is 0 Å². The number of carbonyl (C=O) groups is 1. The second-order valence-corrected chi connectivity index (χ2v) is 5.46. The molecular weight excluding hydrogens is 308 g/mol. The third kappa shape index (κ3) is 5.86. The van der Waals surface area contributed by atoms with Gasteiger partial charge in [0.2, 0.25) is 0 Å². The van der Waals surface area contributed by atoms with Crippen LogP contribution in [-0.2, 0) is 27.5 Å². The first kappa shape index (κ1) is 18.3. The van der Waals surface area contributed by atoms with Crippen molar-refractivity contribution in [3.05, 3.63) is 71.8 Å². The summed E-state index contributed by atoms with van der Waals surface area (Å²) in [7, 11) is 0. The van der Waals surface area contributed by atoms with Crippen molar-refractivity contribution >= 4 is 6.29 Å². The van der Waals surface area contributed by atoms with Gasteiger partial charge < -0.3 is 24.5 Å². The summed E-state index contributed by atoms with van der Waals surface area (Å²) < 4.78 is 11.0. The zero-order valence-electron chi connectivity index (χ0n) is 13.3. The van der Waals surface area contributed by atoms with Crippen LogP contribution in [0.25, 0.3) is 0 Å². The maximum atomic E-state index is 10.9. The van der Waals surface area contributed by atoms with Crippen LogP contribution in [0.3, 0.4) is 0 Å². The lowest BCUT2D eigenvalue weighted by Gasteiger charge is -2.25. The lowest BCUT2D eigenvalue weighted by atomic mass is 10.1. The summed E-state index contributed by atoms with van der Waals surface area (Å²) in [5, 5.41) is 20.0. The van der Waals surface area contributed by atoms with Crippen molar-refractivity contribution in [3.8, 4) is 0 Å². The first-order valence-electron chi connectivity index (χ1n) is 7.79. The maximum absolute atomic E-state index is 10.9. The number of hydrogen-bond acceptors (Lipinski definition) is 5. The van der Waals surface area contributed by atoms with E-state index in [0.29, 0.717) is 12.9 Å². The normalized spacial score (nSPS) is 14.8. The van der Waals surface area contributed by atoms with E-state index in [1.165, 1.54) is 0 Å². The van der Waals surface area contributed by atoms with Gasteiger partial charge in [-0.3, -0.25) is 0 Å². The van der Waals surface area contributed by atoms with Crippen LogP contribution >= 0.6 is 0 Å². The van der Waals surface area contributed by atoms with Gasteiger partial charge in [0.15, 0.2) is 6.29 Å². The average Bonchev–Trinajstić information content (AvgIpc) is 2.63. The van der Waals surface area contributed by atoms with Crippen molar-refractivity contribution in [3.63, 3.8) is 0 Å². The van der Waals surface area contributed by atoms with Crippen LogP contribution in [0.5, 0.6) is 0 Å². The van der Waals surface area contributed by atoms with Gasteiger partial charge in [-0.1, -0.05) is 60.7 Å². The van der Waals surface area contributed by atoms with Crippen LogP contribution in [0.1, 0.15) is 11.1 Å². The van der Waals surface area contributed by atoms with E-state index in [4.69, 9.17) is 9.47 Å². The predicted molar refractivity (Wildman–Crippen MR) is 89.2 cm³/mol. The van der Waals surface area contributed by atoms with E-state index in [1.54, 1.807) is 0 Å². The van der Waals surface area contributed by atoms with E-state index in [-0.39, 0.29) is 13.2 Å². The largest absolute Gasteiger partial charge is 0.388 e. The average molecular weight is 330 g/mol. The van der Waals surface area contributed by atoms with Gasteiger partial charge in [0.25, 0.3) is 0 Å². The van der Waals surface area contributed by atoms with E-state index in [2.05, 4.69) is 0 Å². The standard InChI is InChI=1S/C19H22O5/c20-11-17(21)19(24-13-16-9-5-2-6-10-16)18(22)14-23-12-15-7-3-1-4-8-15/h1-11,17-19,21-22H,12-14H2/t17-,18-,19+/m1/s1. The molecule has 24 heavy (non-hydrogen) atoms. The predicted octanol–water partition coefficient (Wildman–Crippen LogP) is 1.71. The molecule has 5 heteroatoms. The molecule has 0 spiro atoms. The molecule has 0 heterocycles. The van der Waals surface area contributed by atoms with Crippen molar-refractivity contribution in [1.82, 2.24) is 0 Å². The highest BCUT2D eigenvalue weighted by molar-refractivity contribution is 5.56. The van der Waals surface area contributed by atoms with Gasteiger partial charge >= 0.3 is 0 Å². The molecule has 0 fully saturated rings. The smallest absolute Gasteiger partial charge is 0.151 e. The van der Waals surface area contributed by atoms with Gasteiger partial charge in [-0.25, -0.2) is 0 Å². The monoisotopic (exact) mass is 330 g/mol. The van der Waals surface area contributed by atoms with Gasteiger partial charge in [0.05, 0.1) is 19.8 Å². The lowest BCUT2D eigenvalue weighted by Crippen LogP contribution is -2.43. The Morgan fingerprint density at radius 3 is 1.96 bits per heavy atom. The van der Waals surface area contributed by atoms with Gasteiger partial charge in [-0.05, 0) is 11.1 Å². The second-order valence-electron chi connectivity index (χ2n) is 5.46. The molecule has 0 amide bonds. The van der Waals surface area contributed by atoms with E-state index < -0.39 is 18.3 Å². The molecular formula is C19H22O5. The minimum atomic E-state index is -1.41. The number of ether oxygens (including phenoxy) is 2. The quantitative estimate of drug-likeness (QED) is 0.649. The fourth-order valence-electron chi connectivity index (χ4n) is 2.25. The Kier molecular flexibility index (Phi) is 7.58. The maximum Gasteiger partial charge on any atom is 0.151 e. The summed E-state index contributed by atoms with van der Waals surface area (Å²) >= 11 is 0. The Morgan fingerprint density at radius 1 is 0.875 bits per heavy atom. The van der Waals surface area contributed by atoms with Crippen LogP contribution in [0.2, 0.25) is 0 Å². The fourth-order valence-corrected chi connectivity index (χ4v) is 2.25. The summed E-state index contributed by atoms with van der Waals surface area (Å²) in [6.45, 7) is 0.478. The number of aliphatic hydroxyl groups is 2. The van der Waals surface area contributed by atoms with E-state index in [0.717, 1.165) is 11.1 Å². The molecule has 2 rings (SSSR count). The molecule has 0 saturated heterocycles. The minimum absolute atomic E-state index is 0.0424. The third-order valence-corrected chi connectivity index (χ3v) is 3.54. The Labute approximate surface area is 141 Å². The number of aldehydes is 1. The number of hydrogen-bond donors (Lipinski definition) is 2. The summed E-state index contributed by atoms with van der Waals surface area (Å²) in [6.07, 6.45) is -3.21. The number of carbonyl (C=O) groups excluding carboxylic acids is 1. The zero-order valence-corrected chi connectivity index (χ0v) is 13.3. The van der Waals surface area contributed by atoms with Crippen LogP contribution in [0.15, 0.2) is 60.7 Å². The highest BCUT2D eigenvalue weighted by atomic mass is 16.5. The topological polar surface area (TPSA) is 76.0 Å². The van der Waals surface area contributed by atoms with E-state index in [1.807, 2.05) is 60.7 Å². The highest BCUT2D eigenvalue weighted by Gasteiger charge is 2.28. The van der Waals surface area contributed by atoms with Crippen molar-refractivity contribution in [1.29, 1.82) is 0 Å². The van der Waals surface area contributed by atoms with Gasteiger partial charge in [0, 0.05) is 0 Å². The molecule has 5 nitrogen and oxygen atoms in total. The second kappa shape index (κ2) is 9.95. The van der Waals surface area contributed by atoms with Crippen molar-refractivity contribution < 1.29 is 24.5 Å². The highest BCUT2D eigenvalue weighted by Crippen LogP contribution is 2.11. The fraction of sp³-hybridized carbons (Fsp3) is 0.316. The summed E-state index contributed by atoms with van der Waals surface area (Å²) in [5.74, 6) is 0.